The van der Waals surface area contributed by atoms with Crippen LogP contribution in [0.15, 0.2) is 6.20 Å². The Morgan fingerprint density at radius 2 is 2.14 bits per heavy atom. The van der Waals surface area contributed by atoms with Gasteiger partial charge in [-0.15, -0.1) is 0 Å². The van der Waals surface area contributed by atoms with E-state index < -0.39 is 12.1 Å². The van der Waals surface area contributed by atoms with Crippen molar-refractivity contribution in [3.63, 3.8) is 0 Å². The number of aliphatic hydroxyl groups excluding tert-OH is 1. The summed E-state index contributed by atoms with van der Waals surface area (Å²) in [7, 11) is 1.31. The molecule has 1 atom stereocenters. The number of ether oxygens (including phenoxy) is 1. The van der Waals surface area contributed by atoms with Crippen LogP contribution in [0.4, 0.5) is 0 Å². The number of hydrogen-bond acceptors (Lipinski definition) is 5. The topological polar surface area (TPSA) is 78.5 Å². The molecule has 2 N–H and O–H groups in total. The van der Waals surface area contributed by atoms with E-state index in [4.69, 9.17) is 0 Å². The zero-order chi connectivity index (χ0) is 16.3. The molecule has 0 aliphatic carbocycles. The van der Waals surface area contributed by atoms with Gasteiger partial charge in [-0.05, 0) is 31.8 Å². The Labute approximate surface area is 131 Å². The number of nitrogens with one attached hydrogen (secondary N) is 1. The third kappa shape index (κ3) is 3.87. The number of methoxy groups -OCH3 is 1. The summed E-state index contributed by atoms with van der Waals surface area (Å²) in [5.41, 5.74) is 2.44. The lowest BCUT2D eigenvalue weighted by atomic mass is 9.88. The number of hydrogen-bond donors (Lipinski definition) is 2. The molecule has 0 spiro atoms. The fourth-order valence-corrected chi connectivity index (χ4v) is 3.06. The quantitative estimate of drug-likeness (QED) is 0.823. The summed E-state index contributed by atoms with van der Waals surface area (Å²) in [6.45, 7) is 9.10. The third-order valence-corrected chi connectivity index (χ3v) is 4.38. The summed E-state index contributed by atoms with van der Waals surface area (Å²) < 4.78 is 4.62. The van der Waals surface area contributed by atoms with Crippen molar-refractivity contribution >= 4 is 5.97 Å². The highest BCUT2D eigenvalue weighted by Crippen LogP contribution is 2.27. The van der Waals surface area contributed by atoms with Crippen LogP contribution in [-0.4, -0.2) is 52.5 Å². The maximum absolute atomic E-state index is 11.4. The Morgan fingerprint density at radius 1 is 1.50 bits per heavy atom. The molecule has 124 valence electrons. The summed E-state index contributed by atoms with van der Waals surface area (Å²) in [5.74, 6) is -0.529. The minimum atomic E-state index is -0.994. The van der Waals surface area contributed by atoms with Crippen LogP contribution < -0.4 is 0 Å². The van der Waals surface area contributed by atoms with Gasteiger partial charge in [0.2, 0.25) is 0 Å². The second kappa shape index (κ2) is 6.79. The van der Waals surface area contributed by atoms with Crippen molar-refractivity contribution in [2.45, 2.75) is 51.7 Å². The van der Waals surface area contributed by atoms with Gasteiger partial charge >= 0.3 is 5.97 Å². The van der Waals surface area contributed by atoms with Crippen molar-refractivity contribution in [3.05, 3.63) is 17.5 Å². The Morgan fingerprint density at radius 3 is 2.68 bits per heavy atom. The molecule has 0 saturated carbocycles. The molecule has 2 rings (SSSR count). The average Bonchev–Trinajstić information content (AvgIpc) is 2.95. The Bertz CT molecular complexity index is 499. The Kier molecular flexibility index (Phi) is 5.24. The largest absolute Gasteiger partial charge is 0.467 e. The molecule has 1 saturated heterocycles. The van der Waals surface area contributed by atoms with Crippen LogP contribution >= 0.6 is 0 Å². The maximum Gasteiger partial charge on any atom is 0.334 e. The molecule has 0 bridgehead atoms. The number of H-pyrrole nitrogens is 1. The normalized spacial score (nSPS) is 19.1. The second-order valence-electron chi connectivity index (χ2n) is 7.10. The predicted octanol–water partition coefficient (Wildman–Crippen LogP) is 1.45. The minimum absolute atomic E-state index is 0.00450. The number of nitrogens with zero attached hydrogens (tertiary/aromatic N) is 2. The molecule has 1 aliphatic rings. The van der Waals surface area contributed by atoms with Crippen molar-refractivity contribution in [2.75, 3.05) is 20.2 Å². The maximum atomic E-state index is 11.4. The SMILES string of the molecule is COC(=O)C(O)C1CCN(Cc2cn[nH]c2C(C)(C)C)CC1. The number of likely N-dealkylation sites (tertiary alicyclic amines) is 1. The molecule has 1 aromatic rings. The molecular formula is C16H27N3O3. The van der Waals surface area contributed by atoms with Crippen molar-refractivity contribution in [1.29, 1.82) is 0 Å². The molecule has 1 fully saturated rings. The van der Waals surface area contributed by atoms with Gasteiger partial charge in [-0.2, -0.15) is 5.10 Å². The van der Waals surface area contributed by atoms with Crippen LogP contribution in [0.3, 0.4) is 0 Å². The number of aromatic amines is 1. The van der Waals surface area contributed by atoms with E-state index in [-0.39, 0.29) is 11.3 Å². The third-order valence-electron chi connectivity index (χ3n) is 4.38. The van der Waals surface area contributed by atoms with E-state index in [1.807, 2.05) is 6.20 Å². The smallest absolute Gasteiger partial charge is 0.334 e. The van der Waals surface area contributed by atoms with Gasteiger partial charge in [0.15, 0.2) is 6.10 Å². The zero-order valence-electron chi connectivity index (χ0n) is 13.9. The van der Waals surface area contributed by atoms with E-state index in [0.717, 1.165) is 32.5 Å². The van der Waals surface area contributed by atoms with Gasteiger partial charge in [0.25, 0.3) is 0 Å². The van der Waals surface area contributed by atoms with E-state index >= 15 is 0 Å². The molecule has 1 unspecified atom stereocenters. The number of carbonyl (C=O) groups excluding carboxylic acids is 1. The fourth-order valence-electron chi connectivity index (χ4n) is 3.06. The van der Waals surface area contributed by atoms with Gasteiger partial charge in [0, 0.05) is 23.2 Å². The predicted molar refractivity (Wildman–Crippen MR) is 83.3 cm³/mol. The molecule has 6 heteroatoms. The highest BCUT2D eigenvalue weighted by Gasteiger charge is 2.31. The van der Waals surface area contributed by atoms with Crippen molar-refractivity contribution in [2.24, 2.45) is 5.92 Å². The first-order valence-corrected chi connectivity index (χ1v) is 7.84. The van der Waals surface area contributed by atoms with Gasteiger partial charge in [0.1, 0.15) is 0 Å². The van der Waals surface area contributed by atoms with Crippen LogP contribution in [0.5, 0.6) is 0 Å². The summed E-state index contributed by atoms with van der Waals surface area (Å²) in [4.78, 5) is 13.8. The number of aliphatic hydroxyl groups is 1. The molecule has 22 heavy (non-hydrogen) atoms. The summed E-state index contributed by atoms with van der Waals surface area (Å²) >= 11 is 0. The van der Waals surface area contributed by atoms with Gasteiger partial charge in [-0.25, -0.2) is 4.79 Å². The highest BCUT2D eigenvalue weighted by molar-refractivity contribution is 5.74. The van der Waals surface area contributed by atoms with Crippen LogP contribution in [0.25, 0.3) is 0 Å². The van der Waals surface area contributed by atoms with E-state index in [1.165, 1.54) is 18.4 Å². The first-order chi connectivity index (χ1) is 10.3. The second-order valence-corrected chi connectivity index (χ2v) is 7.10. The lowest BCUT2D eigenvalue weighted by Crippen LogP contribution is -2.40. The van der Waals surface area contributed by atoms with Crippen molar-refractivity contribution < 1.29 is 14.6 Å². The zero-order valence-corrected chi connectivity index (χ0v) is 13.9. The summed E-state index contributed by atoms with van der Waals surface area (Å²) in [5, 5.41) is 17.2. The first kappa shape index (κ1) is 17.0. The molecule has 0 amide bonds. The monoisotopic (exact) mass is 309 g/mol. The summed E-state index contributed by atoms with van der Waals surface area (Å²) in [6.07, 6.45) is 2.51. The molecule has 0 aromatic carbocycles. The molecule has 1 aliphatic heterocycles. The Hall–Kier alpha value is -1.40. The van der Waals surface area contributed by atoms with Crippen molar-refractivity contribution in [1.82, 2.24) is 15.1 Å². The molecular weight excluding hydrogens is 282 g/mol. The van der Waals surface area contributed by atoms with Gasteiger partial charge < -0.3 is 9.84 Å². The van der Waals surface area contributed by atoms with E-state index in [0.29, 0.717) is 0 Å². The average molecular weight is 309 g/mol. The fraction of sp³-hybridized carbons (Fsp3) is 0.750. The van der Waals surface area contributed by atoms with Crippen molar-refractivity contribution in [3.8, 4) is 0 Å². The van der Waals surface area contributed by atoms with E-state index in [2.05, 4.69) is 40.6 Å². The van der Waals surface area contributed by atoms with E-state index in [9.17, 15) is 9.90 Å². The molecule has 6 nitrogen and oxygen atoms in total. The van der Waals surface area contributed by atoms with Crippen LogP contribution in [0.2, 0.25) is 0 Å². The Balaban J connectivity index is 1.91. The number of aromatic nitrogens is 2. The van der Waals surface area contributed by atoms with E-state index in [1.54, 1.807) is 0 Å². The number of rotatable bonds is 4. The molecule has 2 heterocycles. The molecule has 1 aromatic heterocycles. The standard InChI is InChI=1S/C16H27N3O3/c1-16(2,3)14-12(9-17-18-14)10-19-7-5-11(6-8-19)13(20)15(21)22-4/h9,11,13,20H,5-8,10H2,1-4H3,(H,17,18). The first-order valence-electron chi connectivity index (χ1n) is 7.84. The van der Waals surface area contributed by atoms with Crippen LogP contribution in [0, 0.1) is 5.92 Å². The number of piperidine rings is 1. The lowest BCUT2D eigenvalue weighted by molar-refractivity contribution is -0.154. The summed E-state index contributed by atoms with van der Waals surface area (Å²) in [6, 6.07) is 0. The van der Waals surface area contributed by atoms with Gasteiger partial charge in [-0.1, -0.05) is 20.8 Å². The lowest BCUT2D eigenvalue weighted by Gasteiger charge is -2.33. The van der Waals surface area contributed by atoms with Crippen LogP contribution in [0.1, 0.15) is 44.9 Å². The molecule has 0 radical (unpaired) electrons. The number of esters is 1. The highest BCUT2D eigenvalue weighted by atomic mass is 16.5. The number of carbonyl (C=O) groups is 1. The van der Waals surface area contributed by atoms with Crippen LogP contribution in [-0.2, 0) is 21.5 Å². The minimum Gasteiger partial charge on any atom is -0.467 e. The van der Waals surface area contributed by atoms with Gasteiger partial charge in [-0.3, -0.25) is 10.00 Å². The van der Waals surface area contributed by atoms with Gasteiger partial charge in [0.05, 0.1) is 13.3 Å².